The number of carbonyl (C=O) groups excluding carboxylic acids is 1. The average Bonchev–Trinajstić information content (AvgIpc) is 3.18. The van der Waals surface area contributed by atoms with Crippen LogP contribution in [0.5, 0.6) is 5.75 Å². The van der Waals surface area contributed by atoms with Gasteiger partial charge in [0.05, 0.1) is 6.10 Å². The van der Waals surface area contributed by atoms with Crippen molar-refractivity contribution in [2.24, 2.45) is 0 Å². The maximum Gasteiger partial charge on any atom is 0.253 e. The quantitative estimate of drug-likeness (QED) is 0.672. The van der Waals surface area contributed by atoms with Crippen LogP contribution in [0.25, 0.3) is 0 Å². The highest BCUT2D eigenvalue weighted by Crippen LogP contribution is 2.16. The smallest absolute Gasteiger partial charge is 0.253 e. The van der Waals surface area contributed by atoms with Crippen LogP contribution in [0, 0.1) is 0 Å². The number of para-hydroxylation sites is 1. The molecule has 7 nitrogen and oxygen atoms in total. The second kappa shape index (κ2) is 10.1. The van der Waals surface area contributed by atoms with E-state index in [0.717, 1.165) is 31.6 Å². The van der Waals surface area contributed by atoms with Crippen molar-refractivity contribution in [3.05, 3.63) is 42.1 Å². The third-order valence-electron chi connectivity index (χ3n) is 4.65. The first kappa shape index (κ1) is 19.4. The zero-order valence-electron chi connectivity index (χ0n) is 15.8. The first-order valence-electron chi connectivity index (χ1n) is 9.55. The molecule has 0 spiro atoms. The summed E-state index contributed by atoms with van der Waals surface area (Å²) in [6.45, 7) is 1.77. The Morgan fingerprint density at radius 1 is 1.22 bits per heavy atom. The van der Waals surface area contributed by atoms with Crippen LogP contribution in [-0.2, 0) is 22.6 Å². The summed E-state index contributed by atoms with van der Waals surface area (Å²) in [7, 11) is 1.83. The van der Waals surface area contributed by atoms with Gasteiger partial charge in [-0.1, -0.05) is 18.2 Å². The summed E-state index contributed by atoms with van der Waals surface area (Å²) in [5.41, 5.74) is 0. The molecule has 27 heavy (non-hydrogen) atoms. The molecule has 0 bridgehead atoms. The van der Waals surface area contributed by atoms with E-state index in [4.69, 9.17) is 13.9 Å². The molecule has 146 valence electrons. The lowest BCUT2D eigenvalue weighted by Crippen LogP contribution is -2.31. The van der Waals surface area contributed by atoms with Crippen molar-refractivity contribution in [2.75, 3.05) is 20.2 Å². The van der Waals surface area contributed by atoms with Crippen molar-refractivity contribution >= 4 is 5.91 Å². The molecule has 3 rings (SSSR count). The molecular weight excluding hydrogens is 346 g/mol. The van der Waals surface area contributed by atoms with Crippen LogP contribution in [0.4, 0.5) is 0 Å². The molecule has 2 heterocycles. The lowest BCUT2D eigenvalue weighted by Gasteiger charge is -2.25. The Bertz CT molecular complexity index is 698. The van der Waals surface area contributed by atoms with E-state index in [1.165, 1.54) is 6.42 Å². The lowest BCUT2D eigenvalue weighted by atomic mass is 10.1. The Kier molecular flexibility index (Phi) is 7.21. The number of amides is 1. The number of benzene rings is 1. The molecule has 1 saturated heterocycles. The van der Waals surface area contributed by atoms with Crippen molar-refractivity contribution in [3.8, 4) is 5.75 Å². The molecule has 0 saturated carbocycles. The fourth-order valence-corrected chi connectivity index (χ4v) is 3.01. The van der Waals surface area contributed by atoms with Gasteiger partial charge in [-0.15, -0.1) is 10.2 Å². The summed E-state index contributed by atoms with van der Waals surface area (Å²) in [6.07, 6.45) is 5.42. The van der Waals surface area contributed by atoms with Crippen molar-refractivity contribution in [3.63, 3.8) is 0 Å². The van der Waals surface area contributed by atoms with Gasteiger partial charge in [-0.2, -0.15) is 0 Å². The second-order valence-corrected chi connectivity index (χ2v) is 6.78. The number of hydrogen-bond acceptors (Lipinski definition) is 6. The summed E-state index contributed by atoms with van der Waals surface area (Å²) in [5.74, 6) is 1.69. The van der Waals surface area contributed by atoms with E-state index in [0.29, 0.717) is 31.2 Å². The van der Waals surface area contributed by atoms with E-state index in [2.05, 4.69) is 10.2 Å². The van der Waals surface area contributed by atoms with E-state index in [1.54, 1.807) is 4.90 Å². The van der Waals surface area contributed by atoms with Gasteiger partial charge in [0.15, 0.2) is 6.61 Å². The number of hydrogen-bond donors (Lipinski definition) is 0. The van der Waals surface area contributed by atoms with Crippen molar-refractivity contribution in [1.82, 2.24) is 15.1 Å². The minimum absolute atomic E-state index is 0.0751. The minimum atomic E-state index is 0.0751. The number of aryl methyl sites for hydroxylation is 1. The zero-order valence-corrected chi connectivity index (χ0v) is 15.8. The highest BCUT2D eigenvalue weighted by molar-refractivity contribution is 5.75. The molecular formula is C20H27N3O4. The molecule has 1 aromatic heterocycles. The number of carbonyl (C=O) groups is 1. The predicted molar refractivity (Wildman–Crippen MR) is 99.2 cm³/mol. The maximum absolute atomic E-state index is 12.3. The van der Waals surface area contributed by atoms with Crippen LogP contribution in [0.15, 0.2) is 34.7 Å². The van der Waals surface area contributed by atoms with Crippen LogP contribution in [0.3, 0.4) is 0 Å². The van der Waals surface area contributed by atoms with Crippen LogP contribution in [-0.4, -0.2) is 47.3 Å². The molecule has 1 unspecified atom stereocenters. The van der Waals surface area contributed by atoms with Gasteiger partial charge in [-0.3, -0.25) is 4.79 Å². The number of aromatic nitrogens is 2. The first-order chi connectivity index (χ1) is 13.2. The molecule has 1 aromatic carbocycles. The molecule has 1 aliphatic heterocycles. The van der Waals surface area contributed by atoms with Crippen LogP contribution in [0.1, 0.15) is 43.9 Å². The summed E-state index contributed by atoms with van der Waals surface area (Å²) in [6, 6.07) is 9.45. The topological polar surface area (TPSA) is 77.7 Å². The summed E-state index contributed by atoms with van der Waals surface area (Å²) >= 11 is 0. The predicted octanol–water partition coefficient (Wildman–Crippen LogP) is 3.00. The lowest BCUT2D eigenvalue weighted by molar-refractivity contribution is -0.130. The second-order valence-electron chi connectivity index (χ2n) is 6.78. The molecule has 7 heteroatoms. The summed E-state index contributed by atoms with van der Waals surface area (Å²) < 4.78 is 16.8. The minimum Gasteiger partial charge on any atom is -0.484 e. The Hall–Kier alpha value is -2.41. The van der Waals surface area contributed by atoms with E-state index in [9.17, 15) is 4.79 Å². The maximum atomic E-state index is 12.3. The van der Waals surface area contributed by atoms with Gasteiger partial charge in [0.25, 0.3) is 5.89 Å². The van der Waals surface area contributed by atoms with Gasteiger partial charge in [0.2, 0.25) is 11.8 Å². The summed E-state index contributed by atoms with van der Waals surface area (Å²) in [4.78, 5) is 14.0. The van der Waals surface area contributed by atoms with E-state index >= 15 is 0 Å². The Morgan fingerprint density at radius 2 is 2.04 bits per heavy atom. The first-order valence-corrected chi connectivity index (χ1v) is 9.55. The summed E-state index contributed by atoms with van der Waals surface area (Å²) in [5, 5.41) is 7.96. The Balaban J connectivity index is 1.36. The standard InChI is InChI=1S/C20H27N3O4/c1-23(13-12-17-9-5-6-14-25-17)20(24)11-10-18-21-22-19(27-18)15-26-16-7-3-2-4-8-16/h2-4,7-8,17H,5-6,9-15H2,1H3. The van der Waals surface area contributed by atoms with Crippen molar-refractivity contribution in [2.45, 2.75) is 51.2 Å². The molecule has 1 fully saturated rings. The average molecular weight is 373 g/mol. The molecule has 0 aliphatic carbocycles. The highest BCUT2D eigenvalue weighted by Gasteiger charge is 2.17. The molecule has 1 amide bonds. The van der Waals surface area contributed by atoms with Crippen LogP contribution >= 0.6 is 0 Å². The largest absolute Gasteiger partial charge is 0.484 e. The number of rotatable bonds is 9. The third-order valence-corrected chi connectivity index (χ3v) is 4.65. The SMILES string of the molecule is CN(CCC1CCCCO1)C(=O)CCc1nnc(COc2ccccc2)o1. The molecule has 0 radical (unpaired) electrons. The fraction of sp³-hybridized carbons (Fsp3) is 0.550. The van der Waals surface area contributed by atoms with Crippen LogP contribution < -0.4 is 4.74 Å². The number of ether oxygens (including phenoxy) is 2. The zero-order chi connectivity index (χ0) is 18.9. The monoisotopic (exact) mass is 373 g/mol. The van der Waals surface area contributed by atoms with Gasteiger partial charge < -0.3 is 18.8 Å². The van der Waals surface area contributed by atoms with Gasteiger partial charge in [0.1, 0.15) is 5.75 Å². The molecule has 2 aromatic rings. The van der Waals surface area contributed by atoms with E-state index in [-0.39, 0.29) is 18.6 Å². The molecule has 1 aliphatic rings. The third kappa shape index (κ3) is 6.36. The van der Waals surface area contributed by atoms with Crippen molar-refractivity contribution < 1.29 is 18.7 Å². The van der Waals surface area contributed by atoms with Crippen LogP contribution in [0.2, 0.25) is 0 Å². The highest BCUT2D eigenvalue weighted by atomic mass is 16.5. The van der Waals surface area contributed by atoms with E-state index < -0.39 is 0 Å². The number of nitrogens with zero attached hydrogens (tertiary/aromatic N) is 3. The van der Waals surface area contributed by atoms with Gasteiger partial charge in [0, 0.05) is 33.0 Å². The fourth-order valence-electron chi connectivity index (χ4n) is 3.01. The van der Waals surface area contributed by atoms with Crippen molar-refractivity contribution in [1.29, 1.82) is 0 Å². The van der Waals surface area contributed by atoms with E-state index in [1.807, 2.05) is 37.4 Å². The van der Waals surface area contributed by atoms with Gasteiger partial charge in [-0.05, 0) is 37.8 Å². The normalized spacial score (nSPS) is 16.9. The Morgan fingerprint density at radius 3 is 2.81 bits per heavy atom. The molecule has 1 atom stereocenters. The van der Waals surface area contributed by atoms with Gasteiger partial charge in [-0.25, -0.2) is 0 Å². The van der Waals surface area contributed by atoms with Gasteiger partial charge >= 0.3 is 0 Å². The Labute approximate surface area is 159 Å². The molecule has 0 N–H and O–H groups in total.